The highest BCUT2D eigenvalue weighted by molar-refractivity contribution is 9.10. The molecule has 0 saturated carbocycles. The van der Waals surface area contributed by atoms with Crippen molar-refractivity contribution in [3.05, 3.63) is 33.0 Å². The van der Waals surface area contributed by atoms with Gasteiger partial charge in [-0.3, -0.25) is 14.2 Å². The fourth-order valence-corrected chi connectivity index (χ4v) is 3.39. The Balaban J connectivity index is 2.24. The molecule has 0 aliphatic heterocycles. The minimum Gasteiger partial charge on any atom is -0.353 e. The number of aromatic nitrogens is 2. The van der Waals surface area contributed by atoms with Crippen LogP contribution in [0.25, 0.3) is 10.9 Å². The predicted molar refractivity (Wildman–Crippen MR) is 103 cm³/mol. The molecule has 5 nitrogen and oxygen atoms in total. The van der Waals surface area contributed by atoms with Crippen LogP contribution in [0, 0.1) is 5.92 Å². The van der Waals surface area contributed by atoms with Gasteiger partial charge in [-0.1, -0.05) is 41.5 Å². The quantitative estimate of drug-likeness (QED) is 0.583. The molecule has 130 valence electrons. The van der Waals surface area contributed by atoms with Gasteiger partial charge >= 0.3 is 0 Å². The molecule has 2 rings (SSSR count). The molecule has 1 aromatic carbocycles. The van der Waals surface area contributed by atoms with Gasteiger partial charge in [0.15, 0.2) is 5.16 Å². The van der Waals surface area contributed by atoms with Crippen molar-refractivity contribution < 1.29 is 4.79 Å². The highest BCUT2D eigenvalue weighted by atomic mass is 79.9. The molecular weight excluding hydrogens is 390 g/mol. The number of nitrogens with zero attached hydrogens (tertiary/aromatic N) is 2. The summed E-state index contributed by atoms with van der Waals surface area (Å²) in [7, 11) is 0. The fraction of sp³-hybridized carbons (Fsp3) is 0.471. The van der Waals surface area contributed by atoms with Gasteiger partial charge in [-0.25, -0.2) is 4.98 Å². The average molecular weight is 412 g/mol. The first-order valence-corrected chi connectivity index (χ1v) is 9.73. The number of benzene rings is 1. The fourth-order valence-electron chi connectivity index (χ4n) is 2.15. The van der Waals surface area contributed by atoms with Crippen LogP contribution in [0.4, 0.5) is 0 Å². The molecule has 1 atom stereocenters. The van der Waals surface area contributed by atoms with Gasteiger partial charge in [-0.05, 0) is 38.0 Å². The highest BCUT2D eigenvalue weighted by Gasteiger charge is 2.14. The monoisotopic (exact) mass is 411 g/mol. The number of carbonyl (C=O) groups excluding carboxylic acids is 1. The Bertz CT molecular complexity index is 804. The van der Waals surface area contributed by atoms with E-state index in [1.165, 1.54) is 11.8 Å². The lowest BCUT2D eigenvalue weighted by Crippen LogP contribution is -2.37. The maximum Gasteiger partial charge on any atom is 0.262 e. The van der Waals surface area contributed by atoms with Crippen molar-refractivity contribution in [1.82, 2.24) is 14.9 Å². The molecule has 1 amide bonds. The van der Waals surface area contributed by atoms with Crippen LogP contribution in [-0.2, 0) is 11.3 Å². The van der Waals surface area contributed by atoms with Crippen LogP contribution in [0.2, 0.25) is 0 Å². The van der Waals surface area contributed by atoms with Crippen molar-refractivity contribution >= 4 is 44.5 Å². The summed E-state index contributed by atoms with van der Waals surface area (Å²) in [6.45, 7) is 8.53. The molecule has 0 spiro atoms. The molecule has 1 aromatic heterocycles. The molecule has 1 N–H and O–H groups in total. The van der Waals surface area contributed by atoms with E-state index < -0.39 is 0 Å². The Morgan fingerprint density at radius 2 is 2.08 bits per heavy atom. The Labute approximate surface area is 154 Å². The van der Waals surface area contributed by atoms with E-state index in [1.54, 1.807) is 10.6 Å². The molecular formula is C17H22BrN3O2S. The number of rotatable bonds is 6. The SMILES string of the molecule is CCn1c(SCC(=O)NC(C)C(C)C)nc2ccc(Br)cc2c1=O. The normalized spacial score (nSPS) is 12.6. The molecule has 1 unspecified atom stereocenters. The van der Waals surface area contributed by atoms with Gasteiger partial charge in [-0.2, -0.15) is 0 Å². The minimum absolute atomic E-state index is 0.0472. The number of thioether (sulfide) groups is 1. The summed E-state index contributed by atoms with van der Waals surface area (Å²) in [5.41, 5.74) is 0.564. The number of amides is 1. The third-order valence-electron chi connectivity index (χ3n) is 3.92. The summed E-state index contributed by atoms with van der Waals surface area (Å²) >= 11 is 4.68. The molecule has 0 saturated heterocycles. The molecule has 24 heavy (non-hydrogen) atoms. The minimum atomic E-state index is -0.0812. The predicted octanol–water partition coefficient (Wildman–Crippen LogP) is 3.43. The van der Waals surface area contributed by atoms with E-state index in [0.29, 0.717) is 28.5 Å². The van der Waals surface area contributed by atoms with Crippen LogP contribution in [0.1, 0.15) is 27.7 Å². The van der Waals surface area contributed by atoms with Crippen molar-refractivity contribution in [3.8, 4) is 0 Å². The zero-order valence-electron chi connectivity index (χ0n) is 14.3. The molecule has 0 radical (unpaired) electrons. The van der Waals surface area contributed by atoms with Gasteiger partial charge in [0, 0.05) is 17.1 Å². The van der Waals surface area contributed by atoms with Crippen LogP contribution in [-0.4, -0.2) is 27.3 Å². The van der Waals surface area contributed by atoms with E-state index in [9.17, 15) is 9.59 Å². The van der Waals surface area contributed by atoms with Crippen LogP contribution >= 0.6 is 27.7 Å². The van der Waals surface area contributed by atoms with E-state index in [4.69, 9.17) is 0 Å². The van der Waals surface area contributed by atoms with Gasteiger partial charge < -0.3 is 5.32 Å². The van der Waals surface area contributed by atoms with Gasteiger partial charge in [0.2, 0.25) is 5.91 Å². The average Bonchev–Trinajstić information content (AvgIpc) is 2.53. The van der Waals surface area contributed by atoms with E-state index in [1.807, 2.05) is 26.0 Å². The summed E-state index contributed by atoms with van der Waals surface area (Å²) in [5.74, 6) is 0.574. The first-order chi connectivity index (χ1) is 11.3. The first kappa shape index (κ1) is 19.0. The second-order valence-electron chi connectivity index (χ2n) is 5.99. The number of halogens is 1. The summed E-state index contributed by atoms with van der Waals surface area (Å²) in [4.78, 5) is 29.3. The van der Waals surface area contributed by atoms with Crippen molar-refractivity contribution in [2.24, 2.45) is 5.92 Å². The molecule has 0 aliphatic rings. The topological polar surface area (TPSA) is 64.0 Å². The van der Waals surface area contributed by atoms with E-state index >= 15 is 0 Å². The molecule has 0 aliphatic carbocycles. The number of hydrogen-bond donors (Lipinski definition) is 1. The second kappa shape index (κ2) is 8.16. The van der Waals surface area contributed by atoms with Crippen molar-refractivity contribution in [1.29, 1.82) is 0 Å². The summed E-state index contributed by atoms with van der Waals surface area (Å²) < 4.78 is 2.46. The Morgan fingerprint density at radius 1 is 1.38 bits per heavy atom. The second-order valence-corrected chi connectivity index (χ2v) is 7.85. The Kier molecular flexibility index (Phi) is 6.46. The zero-order valence-corrected chi connectivity index (χ0v) is 16.7. The van der Waals surface area contributed by atoms with Gasteiger partial charge in [0.05, 0.1) is 16.7 Å². The Morgan fingerprint density at radius 3 is 2.71 bits per heavy atom. The van der Waals surface area contributed by atoms with Gasteiger partial charge in [0.1, 0.15) is 0 Å². The first-order valence-electron chi connectivity index (χ1n) is 7.95. The standard InChI is InChI=1S/C17H22BrN3O2S/c1-5-21-16(23)13-8-12(18)6-7-14(13)20-17(21)24-9-15(22)19-11(4)10(2)3/h6-8,10-11H,5,9H2,1-4H3,(H,19,22). The van der Waals surface area contributed by atoms with E-state index in [-0.39, 0.29) is 23.3 Å². The van der Waals surface area contributed by atoms with Crippen LogP contribution in [0.5, 0.6) is 0 Å². The van der Waals surface area contributed by atoms with Crippen molar-refractivity contribution in [2.45, 2.75) is 45.4 Å². The molecule has 0 fully saturated rings. The van der Waals surface area contributed by atoms with E-state index in [0.717, 1.165) is 4.47 Å². The molecule has 0 bridgehead atoms. The van der Waals surface area contributed by atoms with Crippen LogP contribution in [0.3, 0.4) is 0 Å². The van der Waals surface area contributed by atoms with Crippen LogP contribution < -0.4 is 10.9 Å². The van der Waals surface area contributed by atoms with Gasteiger partial charge in [-0.15, -0.1) is 0 Å². The summed E-state index contributed by atoms with van der Waals surface area (Å²) in [6, 6.07) is 5.57. The zero-order chi connectivity index (χ0) is 17.9. The molecule has 7 heteroatoms. The number of carbonyl (C=O) groups is 1. The number of nitrogens with one attached hydrogen (secondary N) is 1. The molecule has 2 aromatic rings. The maximum absolute atomic E-state index is 12.6. The lowest BCUT2D eigenvalue weighted by molar-refractivity contribution is -0.119. The maximum atomic E-state index is 12.6. The number of fused-ring (bicyclic) bond motifs is 1. The van der Waals surface area contributed by atoms with Crippen LogP contribution in [0.15, 0.2) is 32.6 Å². The van der Waals surface area contributed by atoms with Gasteiger partial charge in [0.25, 0.3) is 5.56 Å². The Hall–Kier alpha value is -1.34. The lowest BCUT2D eigenvalue weighted by Gasteiger charge is -2.17. The third-order valence-corrected chi connectivity index (χ3v) is 5.39. The highest BCUT2D eigenvalue weighted by Crippen LogP contribution is 2.20. The molecule has 1 heterocycles. The van der Waals surface area contributed by atoms with Crippen molar-refractivity contribution in [2.75, 3.05) is 5.75 Å². The lowest BCUT2D eigenvalue weighted by atomic mass is 10.1. The van der Waals surface area contributed by atoms with E-state index in [2.05, 4.69) is 40.1 Å². The summed E-state index contributed by atoms with van der Waals surface area (Å²) in [5, 5.41) is 4.12. The smallest absolute Gasteiger partial charge is 0.262 e. The van der Waals surface area contributed by atoms with Crippen molar-refractivity contribution in [3.63, 3.8) is 0 Å². The third kappa shape index (κ3) is 4.39. The largest absolute Gasteiger partial charge is 0.353 e. The number of hydrogen-bond acceptors (Lipinski definition) is 4. The summed E-state index contributed by atoms with van der Waals surface area (Å²) in [6.07, 6.45) is 0.